The minimum absolute atomic E-state index is 0.0490. The van der Waals surface area contributed by atoms with Crippen molar-refractivity contribution in [2.75, 3.05) is 26.9 Å². The highest BCUT2D eigenvalue weighted by molar-refractivity contribution is 6.67. The first-order chi connectivity index (χ1) is 14.4. The van der Waals surface area contributed by atoms with Crippen LogP contribution >= 0.6 is 11.6 Å². The number of carbonyl (C=O) groups excluding carboxylic acids is 1. The van der Waals surface area contributed by atoms with Crippen LogP contribution in [0, 0.1) is 0 Å². The monoisotopic (exact) mass is 510 g/mol. The lowest BCUT2D eigenvalue weighted by Gasteiger charge is -2.37. The van der Waals surface area contributed by atoms with E-state index >= 15 is 0 Å². The molecule has 32 heavy (non-hydrogen) atoms. The summed E-state index contributed by atoms with van der Waals surface area (Å²) >= 11 is 5.20. The van der Waals surface area contributed by atoms with Gasteiger partial charge in [0.1, 0.15) is 19.0 Å². The molecular weight excluding hydrogens is 498 g/mol. The fraction of sp³-hybridized carbons (Fsp3) is 0.562. The van der Waals surface area contributed by atoms with Crippen molar-refractivity contribution in [2.24, 2.45) is 0 Å². The molecule has 0 bridgehead atoms. The van der Waals surface area contributed by atoms with Crippen LogP contribution in [0.2, 0.25) is 0 Å². The van der Waals surface area contributed by atoms with Crippen LogP contribution in [0.1, 0.15) is 10.4 Å². The third-order valence-electron chi connectivity index (χ3n) is 3.60. The van der Waals surface area contributed by atoms with Crippen molar-refractivity contribution in [1.29, 1.82) is 0 Å². The first-order valence-electron chi connectivity index (χ1n) is 8.05. The van der Waals surface area contributed by atoms with Gasteiger partial charge in [-0.05, 0) is 35.9 Å². The smallest absolute Gasteiger partial charge is 0.457 e. The van der Waals surface area contributed by atoms with E-state index in [1.54, 1.807) is 0 Å². The molecule has 0 spiro atoms. The van der Waals surface area contributed by atoms with Crippen molar-refractivity contribution in [3.63, 3.8) is 0 Å². The lowest BCUT2D eigenvalue weighted by Crippen LogP contribution is -2.63. The molecule has 5 nitrogen and oxygen atoms in total. The first-order valence-corrected chi connectivity index (χ1v) is 8.43. The van der Waals surface area contributed by atoms with Crippen molar-refractivity contribution in [3.05, 3.63) is 29.8 Å². The Kier molecular flexibility index (Phi) is 8.78. The molecule has 2 atom stereocenters. The Morgan fingerprint density at radius 2 is 1.41 bits per heavy atom. The van der Waals surface area contributed by atoms with E-state index in [1.165, 1.54) is 24.3 Å². The van der Waals surface area contributed by atoms with Gasteiger partial charge in [0, 0.05) is 12.7 Å². The number of methoxy groups -OCH3 is 1. The Morgan fingerprint density at radius 3 is 1.81 bits per heavy atom. The van der Waals surface area contributed by atoms with Gasteiger partial charge in [0.05, 0.1) is 6.61 Å². The molecule has 0 amide bonds. The number of ether oxygens (including phenoxy) is 4. The van der Waals surface area contributed by atoms with Crippen LogP contribution in [-0.2, 0) is 14.2 Å². The third kappa shape index (κ3) is 6.36. The van der Waals surface area contributed by atoms with Gasteiger partial charge in [-0.3, -0.25) is 9.53 Å². The number of hydrogen-bond acceptors (Lipinski definition) is 5. The zero-order valence-electron chi connectivity index (χ0n) is 15.6. The molecule has 16 heteroatoms. The number of hydrogen-bond donors (Lipinski definition) is 0. The molecule has 1 rings (SSSR count). The lowest BCUT2D eigenvalue weighted by atomic mass is 10.2. The molecule has 0 aromatic heterocycles. The van der Waals surface area contributed by atoms with E-state index in [0.29, 0.717) is 0 Å². The molecule has 1 aromatic rings. The Morgan fingerprint density at radius 1 is 0.875 bits per heavy atom. The summed E-state index contributed by atoms with van der Waals surface area (Å²) in [6.07, 6.45) is -19.4. The highest BCUT2D eigenvalue weighted by atomic mass is 35.5. The van der Waals surface area contributed by atoms with Gasteiger partial charge in [-0.1, -0.05) is 0 Å². The molecule has 2 unspecified atom stereocenters. The van der Waals surface area contributed by atoms with Crippen molar-refractivity contribution < 1.29 is 67.6 Å². The summed E-state index contributed by atoms with van der Waals surface area (Å²) in [5.74, 6) is -11.6. The molecule has 0 saturated carbocycles. The minimum Gasteiger partial charge on any atom is -0.491 e. The van der Waals surface area contributed by atoms with Gasteiger partial charge in [-0.25, -0.2) is 0 Å². The summed E-state index contributed by atoms with van der Waals surface area (Å²) in [6.45, 7) is -3.88. The van der Waals surface area contributed by atoms with Gasteiger partial charge < -0.3 is 14.2 Å². The van der Waals surface area contributed by atoms with E-state index < -0.39 is 55.2 Å². The zero-order chi connectivity index (χ0) is 25.0. The quantitative estimate of drug-likeness (QED) is 0.233. The summed E-state index contributed by atoms with van der Waals surface area (Å²) in [5.41, 5.74) is 0.0830. The highest BCUT2D eigenvalue weighted by Crippen LogP contribution is 2.50. The summed E-state index contributed by atoms with van der Waals surface area (Å²) in [5, 5.41) is -0.792. The highest BCUT2D eigenvalue weighted by Gasteiger charge is 2.78. The second kappa shape index (κ2) is 9.97. The van der Waals surface area contributed by atoms with E-state index in [0.717, 1.165) is 0 Å². The van der Waals surface area contributed by atoms with Crippen LogP contribution in [-0.4, -0.2) is 62.3 Å². The Balaban J connectivity index is 2.81. The van der Waals surface area contributed by atoms with Crippen molar-refractivity contribution in [1.82, 2.24) is 0 Å². The van der Waals surface area contributed by atoms with Gasteiger partial charge in [0.25, 0.3) is 5.24 Å². The lowest BCUT2D eigenvalue weighted by molar-refractivity contribution is -0.503. The second-order valence-corrected chi connectivity index (χ2v) is 6.18. The van der Waals surface area contributed by atoms with Crippen molar-refractivity contribution >= 4 is 16.8 Å². The van der Waals surface area contributed by atoms with Crippen LogP contribution in [0.15, 0.2) is 24.3 Å². The summed E-state index contributed by atoms with van der Waals surface area (Å²) in [4.78, 5) is 10.9. The maximum Gasteiger partial charge on any atom is 0.457 e. The summed E-state index contributed by atoms with van der Waals surface area (Å²) < 4.78 is 146. The van der Waals surface area contributed by atoms with E-state index in [4.69, 9.17) is 16.3 Å². The predicted molar refractivity (Wildman–Crippen MR) is 85.8 cm³/mol. The van der Waals surface area contributed by atoms with Crippen LogP contribution in [0.25, 0.3) is 0 Å². The summed E-state index contributed by atoms with van der Waals surface area (Å²) in [6, 6.07) is 4.88. The molecule has 0 saturated heterocycles. The largest absolute Gasteiger partial charge is 0.491 e. The number of benzene rings is 1. The zero-order valence-corrected chi connectivity index (χ0v) is 16.4. The molecule has 0 aliphatic carbocycles. The second-order valence-electron chi connectivity index (χ2n) is 5.84. The molecule has 0 fully saturated rings. The van der Waals surface area contributed by atoms with Crippen molar-refractivity contribution in [3.8, 4) is 5.75 Å². The van der Waals surface area contributed by atoms with Crippen LogP contribution in [0.5, 0.6) is 5.75 Å². The predicted octanol–water partition coefficient (Wildman–Crippen LogP) is 5.17. The topological polar surface area (TPSA) is 54.0 Å². The van der Waals surface area contributed by atoms with Gasteiger partial charge in [-0.2, -0.15) is 43.9 Å². The summed E-state index contributed by atoms with van der Waals surface area (Å²) in [7, 11) is -0.234. The average molecular weight is 511 g/mol. The average Bonchev–Trinajstić information content (AvgIpc) is 2.65. The molecule has 0 aliphatic heterocycles. The molecular formula is C16H13ClF10O5. The Labute approximate surface area is 178 Å². The van der Waals surface area contributed by atoms with Crippen LogP contribution in [0.3, 0.4) is 0 Å². The van der Waals surface area contributed by atoms with E-state index in [9.17, 15) is 48.7 Å². The fourth-order valence-corrected chi connectivity index (χ4v) is 2.07. The van der Waals surface area contributed by atoms with Gasteiger partial charge >= 0.3 is 30.2 Å². The van der Waals surface area contributed by atoms with E-state index in [-0.39, 0.29) is 18.4 Å². The number of halogens is 11. The Hall–Kier alpha value is -1.84. The van der Waals surface area contributed by atoms with Crippen LogP contribution in [0.4, 0.5) is 43.9 Å². The molecule has 0 N–H and O–H groups in total. The maximum atomic E-state index is 14.1. The van der Waals surface area contributed by atoms with Crippen LogP contribution < -0.4 is 4.74 Å². The molecule has 184 valence electrons. The van der Waals surface area contributed by atoms with E-state index in [2.05, 4.69) is 14.2 Å². The maximum absolute atomic E-state index is 14.1. The molecule has 1 aromatic carbocycles. The standard InChI is InChI=1S/C16H13ClF10O5/c1-29-13(19,15(23,24)25)16(26,27)32-12(18,14(20,21)22)8-30-6-7-31-10-4-2-9(3-5-10)11(17)28/h2-5H,6-8H2,1H3. The number of carbonyl (C=O) groups is 1. The normalized spacial score (nSPS) is 16.9. The molecule has 0 aliphatic rings. The van der Waals surface area contributed by atoms with Gasteiger partial charge in [0.15, 0.2) is 0 Å². The minimum atomic E-state index is -6.59. The SMILES string of the molecule is COC(F)(C(F)(F)F)C(F)(F)OC(F)(COCCOc1ccc(C(=O)Cl)cc1)C(F)(F)F. The molecule has 0 heterocycles. The van der Waals surface area contributed by atoms with Gasteiger partial charge in [-0.15, -0.1) is 0 Å². The first kappa shape index (κ1) is 28.2. The number of alkyl halides is 10. The third-order valence-corrected chi connectivity index (χ3v) is 3.82. The van der Waals surface area contributed by atoms with Gasteiger partial charge in [0.2, 0.25) is 0 Å². The number of rotatable bonds is 11. The Bertz CT molecular complexity index is 770. The fourth-order valence-electron chi connectivity index (χ4n) is 1.94. The molecule has 0 radical (unpaired) electrons. The van der Waals surface area contributed by atoms with Crippen molar-refractivity contribution in [2.45, 2.75) is 30.2 Å². The van der Waals surface area contributed by atoms with E-state index in [1.807, 2.05) is 0 Å².